The third-order valence-corrected chi connectivity index (χ3v) is 6.90. The molecule has 2 aromatic rings. The quantitative estimate of drug-likeness (QED) is 0.744. The van der Waals surface area contributed by atoms with Gasteiger partial charge in [0, 0.05) is 50.7 Å². The van der Waals surface area contributed by atoms with Crippen molar-refractivity contribution in [3.05, 3.63) is 70.8 Å². The van der Waals surface area contributed by atoms with Gasteiger partial charge in [0.15, 0.2) is 0 Å². The van der Waals surface area contributed by atoms with Crippen LogP contribution in [0.2, 0.25) is 0 Å². The largest absolute Gasteiger partial charge is 0.353 e. The van der Waals surface area contributed by atoms with E-state index in [1.807, 2.05) is 0 Å². The van der Waals surface area contributed by atoms with E-state index < -0.39 is 17.5 Å². The van der Waals surface area contributed by atoms with Crippen molar-refractivity contribution in [2.45, 2.75) is 45.2 Å². The highest BCUT2D eigenvalue weighted by Crippen LogP contribution is 2.22. The van der Waals surface area contributed by atoms with E-state index in [9.17, 15) is 18.4 Å². The predicted octanol–water partition coefficient (Wildman–Crippen LogP) is 3.91. The molecule has 5 nitrogen and oxygen atoms in total. The van der Waals surface area contributed by atoms with Crippen molar-refractivity contribution >= 4 is 11.8 Å². The van der Waals surface area contributed by atoms with E-state index in [-0.39, 0.29) is 23.4 Å². The Kier molecular flexibility index (Phi) is 7.38. The van der Waals surface area contributed by atoms with Crippen molar-refractivity contribution in [3.8, 4) is 0 Å². The second kappa shape index (κ2) is 10.4. The Labute approximate surface area is 193 Å². The molecular formula is C26H31F2N3O2. The van der Waals surface area contributed by atoms with Gasteiger partial charge >= 0.3 is 0 Å². The van der Waals surface area contributed by atoms with Gasteiger partial charge in [-0.3, -0.25) is 14.5 Å². The standard InChI is InChI=1S/C26H31F2N3O2/c1-18-4-2-3-5-20(18)17-30-12-10-22(11-13-30)29-25(32)19-8-14-31(15-9-19)26(33)23-7-6-21(27)16-24(23)28/h2-7,16,19,22H,8-15,17H2,1H3,(H,29,32). The van der Waals surface area contributed by atoms with Crippen LogP contribution in [0.4, 0.5) is 8.78 Å². The van der Waals surface area contributed by atoms with Crippen molar-refractivity contribution in [3.63, 3.8) is 0 Å². The summed E-state index contributed by atoms with van der Waals surface area (Å²) in [5, 5.41) is 3.20. The fraction of sp³-hybridized carbons (Fsp3) is 0.462. The number of nitrogens with zero attached hydrogens (tertiary/aromatic N) is 2. The molecule has 0 spiro atoms. The molecule has 0 saturated carbocycles. The van der Waals surface area contributed by atoms with E-state index in [2.05, 4.69) is 41.4 Å². The van der Waals surface area contributed by atoms with Crippen LogP contribution in [0.5, 0.6) is 0 Å². The summed E-state index contributed by atoms with van der Waals surface area (Å²) in [6.07, 6.45) is 2.95. The smallest absolute Gasteiger partial charge is 0.256 e. The summed E-state index contributed by atoms with van der Waals surface area (Å²) in [4.78, 5) is 29.3. The lowest BCUT2D eigenvalue weighted by atomic mass is 9.94. The summed E-state index contributed by atoms with van der Waals surface area (Å²) in [5.74, 6) is -2.11. The lowest BCUT2D eigenvalue weighted by Gasteiger charge is -2.35. The molecule has 0 aliphatic carbocycles. The molecule has 176 valence electrons. The maximum atomic E-state index is 13.9. The second-order valence-electron chi connectivity index (χ2n) is 9.18. The number of hydrogen-bond acceptors (Lipinski definition) is 3. The fourth-order valence-corrected chi connectivity index (χ4v) is 4.76. The summed E-state index contributed by atoms with van der Waals surface area (Å²) in [5.41, 5.74) is 2.53. The molecule has 4 rings (SSSR count). The van der Waals surface area contributed by atoms with E-state index in [1.165, 1.54) is 17.2 Å². The lowest BCUT2D eigenvalue weighted by molar-refractivity contribution is -0.127. The van der Waals surface area contributed by atoms with Gasteiger partial charge in [0.1, 0.15) is 11.6 Å². The molecule has 0 bridgehead atoms. The minimum absolute atomic E-state index is 0.0485. The number of benzene rings is 2. The molecule has 2 aliphatic rings. The Balaban J connectivity index is 1.21. The molecule has 2 aromatic carbocycles. The van der Waals surface area contributed by atoms with Gasteiger partial charge in [-0.1, -0.05) is 24.3 Å². The highest BCUT2D eigenvalue weighted by atomic mass is 19.1. The van der Waals surface area contributed by atoms with Gasteiger partial charge in [-0.2, -0.15) is 0 Å². The van der Waals surface area contributed by atoms with Gasteiger partial charge < -0.3 is 10.2 Å². The lowest BCUT2D eigenvalue weighted by Crippen LogP contribution is -2.48. The van der Waals surface area contributed by atoms with E-state index in [4.69, 9.17) is 0 Å². The van der Waals surface area contributed by atoms with Gasteiger partial charge in [-0.05, 0) is 55.9 Å². The van der Waals surface area contributed by atoms with Crippen LogP contribution in [-0.4, -0.2) is 53.8 Å². The normalized spacial score (nSPS) is 18.3. The molecule has 2 amide bonds. The van der Waals surface area contributed by atoms with E-state index in [0.29, 0.717) is 25.9 Å². The number of rotatable bonds is 5. The van der Waals surface area contributed by atoms with Crippen molar-refractivity contribution in [2.24, 2.45) is 5.92 Å². The minimum atomic E-state index is -0.853. The number of piperidine rings is 2. The highest BCUT2D eigenvalue weighted by molar-refractivity contribution is 5.94. The Morgan fingerprint density at radius 2 is 1.67 bits per heavy atom. The molecule has 0 unspecified atom stereocenters. The van der Waals surface area contributed by atoms with E-state index in [0.717, 1.165) is 44.6 Å². The number of amides is 2. The second-order valence-corrected chi connectivity index (χ2v) is 9.18. The fourth-order valence-electron chi connectivity index (χ4n) is 4.76. The van der Waals surface area contributed by atoms with Gasteiger partial charge in [-0.25, -0.2) is 8.78 Å². The minimum Gasteiger partial charge on any atom is -0.353 e. The summed E-state index contributed by atoms with van der Waals surface area (Å²) in [6.45, 7) is 5.77. The van der Waals surface area contributed by atoms with Crippen molar-refractivity contribution in [2.75, 3.05) is 26.2 Å². The zero-order valence-electron chi connectivity index (χ0n) is 19.0. The molecule has 0 radical (unpaired) electrons. The van der Waals surface area contributed by atoms with Crippen molar-refractivity contribution < 1.29 is 18.4 Å². The van der Waals surface area contributed by atoms with Crippen molar-refractivity contribution in [1.82, 2.24) is 15.1 Å². The van der Waals surface area contributed by atoms with Crippen LogP contribution in [0.15, 0.2) is 42.5 Å². The number of hydrogen-bond donors (Lipinski definition) is 1. The number of likely N-dealkylation sites (tertiary alicyclic amines) is 2. The number of halogens is 2. The summed E-state index contributed by atoms with van der Waals surface area (Å²) < 4.78 is 27.0. The first-order valence-corrected chi connectivity index (χ1v) is 11.7. The molecular weight excluding hydrogens is 424 g/mol. The molecule has 0 atom stereocenters. The predicted molar refractivity (Wildman–Crippen MR) is 123 cm³/mol. The van der Waals surface area contributed by atoms with Gasteiger partial charge in [-0.15, -0.1) is 0 Å². The maximum Gasteiger partial charge on any atom is 0.256 e. The number of nitrogens with one attached hydrogen (secondary N) is 1. The van der Waals surface area contributed by atoms with Gasteiger partial charge in [0.05, 0.1) is 5.56 Å². The van der Waals surface area contributed by atoms with Crippen LogP contribution in [-0.2, 0) is 11.3 Å². The third kappa shape index (κ3) is 5.77. The van der Waals surface area contributed by atoms with E-state index in [1.54, 1.807) is 4.90 Å². The zero-order chi connectivity index (χ0) is 23.4. The summed E-state index contributed by atoms with van der Waals surface area (Å²) >= 11 is 0. The average Bonchev–Trinajstić information content (AvgIpc) is 2.81. The van der Waals surface area contributed by atoms with Crippen LogP contribution >= 0.6 is 0 Å². The number of carbonyl (C=O) groups excluding carboxylic acids is 2. The number of carbonyl (C=O) groups is 2. The Morgan fingerprint density at radius 1 is 0.970 bits per heavy atom. The molecule has 2 aliphatic heterocycles. The van der Waals surface area contributed by atoms with Crippen molar-refractivity contribution in [1.29, 1.82) is 0 Å². The molecule has 7 heteroatoms. The number of aryl methyl sites for hydroxylation is 1. The Hall–Kier alpha value is -2.80. The molecule has 33 heavy (non-hydrogen) atoms. The first-order valence-electron chi connectivity index (χ1n) is 11.7. The van der Waals surface area contributed by atoms with Gasteiger partial charge in [0.2, 0.25) is 5.91 Å². The van der Waals surface area contributed by atoms with E-state index >= 15 is 0 Å². The molecule has 2 saturated heterocycles. The summed E-state index contributed by atoms with van der Waals surface area (Å²) in [7, 11) is 0. The first-order chi connectivity index (χ1) is 15.9. The molecule has 2 fully saturated rings. The monoisotopic (exact) mass is 455 g/mol. The topological polar surface area (TPSA) is 52.7 Å². The third-order valence-electron chi connectivity index (χ3n) is 6.90. The Morgan fingerprint density at radius 3 is 2.33 bits per heavy atom. The first kappa shape index (κ1) is 23.4. The molecule has 0 aromatic heterocycles. The maximum absolute atomic E-state index is 13.9. The average molecular weight is 456 g/mol. The van der Waals surface area contributed by atoms with Crippen LogP contribution in [0.25, 0.3) is 0 Å². The van der Waals surface area contributed by atoms with Crippen LogP contribution in [0.1, 0.15) is 47.2 Å². The zero-order valence-corrected chi connectivity index (χ0v) is 19.0. The van der Waals surface area contributed by atoms with Crippen LogP contribution < -0.4 is 5.32 Å². The SMILES string of the molecule is Cc1ccccc1CN1CCC(NC(=O)C2CCN(C(=O)c3ccc(F)cc3F)CC2)CC1. The highest BCUT2D eigenvalue weighted by Gasteiger charge is 2.30. The molecule has 1 N–H and O–H groups in total. The molecule has 2 heterocycles. The van der Waals surface area contributed by atoms with Crippen LogP contribution in [0.3, 0.4) is 0 Å². The Bertz CT molecular complexity index is 997. The summed E-state index contributed by atoms with van der Waals surface area (Å²) in [6, 6.07) is 11.6. The van der Waals surface area contributed by atoms with Gasteiger partial charge in [0.25, 0.3) is 5.91 Å². The van der Waals surface area contributed by atoms with Crippen LogP contribution in [0, 0.1) is 24.5 Å².